The van der Waals surface area contributed by atoms with Gasteiger partial charge in [0.05, 0.1) is 6.04 Å². The second kappa shape index (κ2) is 5.94. The third kappa shape index (κ3) is 3.79. The zero-order chi connectivity index (χ0) is 13.9. The quantitative estimate of drug-likeness (QED) is 0.877. The van der Waals surface area contributed by atoms with E-state index in [1.807, 2.05) is 32.9 Å². The summed E-state index contributed by atoms with van der Waals surface area (Å²) in [6.45, 7) is 7.08. The molecule has 0 heterocycles. The van der Waals surface area contributed by atoms with E-state index < -0.39 is 12.5 Å². The van der Waals surface area contributed by atoms with Crippen molar-refractivity contribution in [1.29, 1.82) is 0 Å². The molecule has 18 heavy (non-hydrogen) atoms. The highest BCUT2D eigenvalue weighted by molar-refractivity contribution is 5.73. The zero-order valence-electron chi connectivity index (χ0n) is 11.2. The fourth-order valence-electron chi connectivity index (χ4n) is 2.41. The van der Waals surface area contributed by atoms with Crippen LogP contribution < -0.4 is 5.32 Å². The summed E-state index contributed by atoms with van der Waals surface area (Å²) in [7, 11) is 0. The molecule has 1 aromatic carbocycles. The molecule has 0 saturated heterocycles. The number of nitrogens with one attached hydrogen (secondary N) is 1. The largest absolute Gasteiger partial charge is 0.349 e. The fraction of sp³-hybridized carbons (Fsp3) is 0.500. The van der Waals surface area contributed by atoms with Crippen LogP contribution in [0.15, 0.2) is 12.1 Å². The minimum Gasteiger partial charge on any atom is -0.349 e. The van der Waals surface area contributed by atoms with Crippen molar-refractivity contribution >= 4 is 5.91 Å². The molecule has 0 spiro atoms. The number of hydrogen-bond donors (Lipinski definition) is 1. The lowest BCUT2D eigenvalue weighted by Crippen LogP contribution is -2.28. The fourth-order valence-corrected chi connectivity index (χ4v) is 2.41. The molecule has 0 aromatic heterocycles. The van der Waals surface area contributed by atoms with Gasteiger partial charge in [-0.3, -0.25) is 4.79 Å². The van der Waals surface area contributed by atoms with Gasteiger partial charge in [0.25, 0.3) is 0 Å². The highest BCUT2D eigenvalue weighted by Crippen LogP contribution is 2.27. The van der Waals surface area contributed by atoms with Crippen LogP contribution in [0.1, 0.15) is 41.6 Å². The standard InChI is InChI=1S/C14H19F2NO/c1-8-5-9(2)14(10(3)6-8)12(7-13(15)16)17-11(4)18/h5-6,12-13H,7H2,1-4H3,(H,17,18). The van der Waals surface area contributed by atoms with E-state index in [1.165, 1.54) is 6.92 Å². The number of halogens is 2. The smallest absolute Gasteiger partial charge is 0.240 e. The Morgan fingerprint density at radius 3 is 2.11 bits per heavy atom. The van der Waals surface area contributed by atoms with Gasteiger partial charge in [0, 0.05) is 13.3 Å². The van der Waals surface area contributed by atoms with Crippen LogP contribution in [-0.2, 0) is 4.79 Å². The maximum Gasteiger partial charge on any atom is 0.240 e. The molecule has 0 fully saturated rings. The summed E-state index contributed by atoms with van der Waals surface area (Å²) < 4.78 is 25.2. The number of amides is 1. The van der Waals surface area contributed by atoms with Crippen molar-refractivity contribution in [3.63, 3.8) is 0 Å². The lowest BCUT2D eigenvalue weighted by molar-refractivity contribution is -0.119. The van der Waals surface area contributed by atoms with E-state index in [9.17, 15) is 13.6 Å². The molecule has 1 aromatic rings. The normalized spacial score (nSPS) is 12.6. The van der Waals surface area contributed by atoms with Gasteiger partial charge in [0.1, 0.15) is 0 Å². The van der Waals surface area contributed by atoms with Crippen LogP contribution in [-0.4, -0.2) is 12.3 Å². The zero-order valence-corrected chi connectivity index (χ0v) is 11.2. The summed E-state index contributed by atoms with van der Waals surface area (Å²) in [4.78, 5) is 11.1. The monoisotopic (exact) mass is 255 g/mol. The summed E-state index contributed by atoms with van der Waals surface area (Å²) >= 11 is 0. The molecule has 0 saturated carbocycles. The van der Waals surface area contributed by atoms with Gasteiger partial charge in [-0.25, -0.2) is 8.78 Å². The topological polar surface area (TPSA) is 29.1 Å². The number of hydrogen-bond acceptors (Lipinski definition) is 1. The Hall–Kier alpha value is -1.45. The number of rotatable bonds is 4. The molecule has 0 aliphatic rings. The molecule has 1 unspecified atom stereocenters. The summed E-state index contributed by atoms with van der Waals surface area (Å²) in [6, 6.07) is 3.27. The van der Waals surface area contributed by atoms with E-state index in [4.69, 9.17) is 0 Å². The number of alkyl halides is 2. The van der Waals surface area contributed by atoms with Crippen LogP contribution >= 0.6 is 0 Å². The lowest BCUT2D eigenvalue weighted by Gasteiger charge is -2.22. The summed E-state index contributed by atoms with van der Waals surface area (Å²) in [6.07, 6.45) is -2.80. The molecular formula is C14H19F2NO. The Kier molecular flexibility index (Phi) is 4.82. The molecule has 1 rings (SSSR count). The maximum absolute atomic E-state index is 12.6. The van der Waals surface area contributed by atoms with Crippen LogP contribution in [0.25, 0.3) is 0 Å². The molecule has 1 N–H and O–H groups in total. The van der Waals surface area contributed by atoms with Gasteiger partial charge in [-0.2, -0.15) is 0 Å². The van der Waals surface area contributed by atoms with Gasteiger partial charge in [-0.1, -0.05) is 17.7 Å². The second-order valence-corrected chi connectivity index (χ2v) is 4.69. The highest BCUT2D eigenvalue weighted by Gasteiger charge is 2.21. The first kappa shape index (κ1) is 14.6. The molecule has 4 heteroatoms. The third-order valence-corrected chi connectivity index (χ3v) is 2.88. The van der Waals surface area contributed by atoms with Crippen molar-refractivity contribution in [1.82, 2.24) is 5.32 Å². The number of carbonyl (C=O) groups is 1. The Balaban J connectivity index is 3.15. The van der Waals surface area contributed by atoms with Crippen molar-refractivity contribution in [2.45, 2.75) is 46.6 Å². The first-order valence-corrected chi connectivity index (χ1v) is 5.94. The van der Waals surface area contributed by atoms with Gasteiger partial charge >= 0.3 is 0 Å². The van der Waals surface area contributed by atoms with E-state index in [2.05, 4.69) is 5.32 Å². The first-order valence-electron chi connectivity index (χ1n) is 5.94. The number of carbonyl (C=O) groups excluding carboxylic acids is 1. The van der Waals surface area contributed by atoms with Crippen LogP contribution in [0, 0.1) is 20.8 Å². The van der Waals surface area contributed by atoms with Crippen molar-refractivity contribution in [3.8, 4) is 0 Å². The average molecular weight is 255 g/mol. The summed E-state index contributed by atoms with van der Waals surface area (Å²) in [5, 5.41) is 2.61. The molecule has 100 valence electrons. The molecule has 0 radical (unpaired) electrons. The highest BCUT2D eigenvalue weighted by atomic mass is 19.3. The van der Waals surface area contributed by atoms with Crippen LogP contribution in [0.3, 0.4) is 0 Å². The average Bonchev–Trinajstić information content (AvgIpc) is 2.12. The van der Waals surface area contributed by atoms with E-state index in [1.54, 1.807) is 0 Å². The van der Waals surface area contributed by atoms with Gasteiger partial charge < -0.3 is 5.32 Å². The second-order valence-electron chi connectivity index (χ2n) is 4.69. The Labute approximate surface area is 106 Å². The minimum absolute atomic E-state index is 0.292. The van der Waals surface area contributed by atoms with Gasteiger partial charge in [0.15, 0.2) is 0 Å². The van der Waals surface area contributed by atoms with E-state index in [-0.39, 0.29) is 12.3 Å². The van der Waals surface area contributed by atoms with Crippen LogP contribution in [0.2, 0.25) is 0 Å². The molecule has 2 nitrogen and oxygen atoms in total. The first-order chi connectivity index (χ1) is 8.31. The Morgan fingerprint density at radius 1 is 1.22 bits per heavy atom. The predicted molar refractivity (Wildman–Crippen MR) is 67.8 cm³/mol. The lowest BCUT2D eigenvalue weighted by atomic mass is 9.92. The SMILES string of the molecule is CC(=O)NC(CC(F)F)c1c(C)cc(C)cc1C. The van der Waals surface area contributed by atoms with Crippen LogP contribution in [0.4, 0.5) is 8.78 Å². The molecule has 0 bridgehead atoms. The van der Waals surface area contributed by atoms with E-state index in [0.29, 0.717) is 0 Å². The third-order valence-electron chi connectivity index (χ3n) is 2.88. The maximum atomic E-state index is 12.6. The van der Waals surface area contributed by atoms with Crippen LogP contribution in [0.5, 0.6) is 0 Å². The van der Waals surface area contributed by atoms with Crippen molar-refractivity contribution in [3.05, 3.63) is 34.4 Å². The van der Waals surface area contributed by atoms with Crippen molar-refractivity contribution in [2.75, 3.05) is 0 Å². The van der Waals surface area contributed by atoms with Gasteiger partial charge in [-0.05, 0) is 37.5 Å². The summed E-state index contributed by atoms with van der Waals surface area (Å²) in [5.74, 6) is -0.292. The van der Waals surface area contributed by atoms with E-state index >= 15 is 0 Å². The minimum atomic E-state index is -2.44. The molecule has 1 amide bonds. The van der Waals surface area contributed by atoms with Crippen molar-refractivity contribution in [2.24, 2.45) is 0 Å². The molecule has 0 aliphatic heterocycles. The predicted octanol–water partition coefficient (Wildman–Crippen LogP) is 3.44. The molecular weight excluding hydrogens is 236 g/mol. The van der Waals surface area contributed by atoms with E-state index in [0.717, 1.165) is 22.3 Å². The Bertz CT molecular complexity index is 420. The number of aryl methyl sites for hydroxylation is 3. The molecule has 0 aliphatic carbocycles. The Morgan fingerprint density at radius 2 is 1.72 bits per heavy atom. The van der Waals surface area contributed by atoms with Gasteiger partial charge in [0.2, 0.25) is 12.3 Å². The number of benzene rings is 1. The van der Waals surface area contributed by atoms with Crippen molar-refractivity contribution < 1.29 is 13.6 Å². The molecule has 1 atom stereocenters. The summed E-state index contributed by atoms with van der Waals surface area (Å²) in [5.41, 5.74) is 3.77. The van der Waals surface area contributed by atoms with Gasteiger partial charge in [-0.15, -0.1) is 0 Å².